The van der Waals surface area contributed by atoms with E-state index in [9.17, 15) is 0 Å². The van der Waals surface area contributed by atoms with Gasteiger partial charge in [-0.05, 0) is 24.6 Å². The number of halogens is 1. The van der Waals surface area contributed by atoms with E-state index >= 15 is 0 Å². The van der Waals surface area contributed by atoms with Gasteiger partial charge < -0.3 is 0 Å². The summed E-state index contributed by atoms with van der Waals surface area (Å²) in [4.78, 5) is 0. The zero-order valence-corrected chi connectivity index (χ0v) is 7.10. The van der Waals surface area contributed by atoms with Crippen LogP contribution in [0.5, 0.6) is 0 Å². The summed E-state index contributed by atoms with van der Waals surface area (Å²) in [6.07, 6.45) is 5.26. The van der Waals surface area contributed by atoms with Gasteiger partial charge in [0.05, 0.1) is 0 Å². The molecule has 0 aliphatic heterocycles. The van der Waals surface area contributed by atoms with Gasteiger partial charge in [-0.25, -0.2) is 0 Å². The molecular formula is C10H9Cl. The zero-order valence-electron chi connectivity index (χ0n) is 6.34. The Kier molecular flexibility index (Phi) is 2.57. The average molecular weight is 165 g/mol. The van der Waals surface area contributed by atoms with Crippen LogP contribution in [0.2, 0.25) is 5.02 Å². The number of terminal acetylenes is 1. The van der Waals surface area contributed by atoms with E-state index in [0.717, 1.165) is 10.6 Å². The molecule has 0 aromatic heterocycles. The van der Waals surface area contributed by atoms with E-state index in [-0.39, 0.29) is 5.92 Å². The van der Waals surface area contributed by atoms with Crippen molar-refractivity contribution in [1.82, 2.24) is 0 Å². The van der Waals surface area contributed by atoms with Gasteiger partial charge in [0.1, 0.15) is 0 Å². The van der Waals surface area contributed by atoms with Gasteiger partial charge in [0, 0.05) is 10.9 Å². The fourth-order valence-corrected chi connectivity index (χ4v) is 0.974. The van der Waals surface area contributed by atoms with Crippen LogP contribution in [0.1, 0.15) is 18.4 Å². The minimum Gasteiger partial charge on any atom is -0.119 e. The molecule has 1 atom stereocenters. The standard InChI is InChI=1S/C10H9Cl/c1-3-8(2)9-4-6-10(11)7-5-9/h1,4-8H,2H3. The van der Waals surface area contributed by atoms with Gasteiger partial charge in [0.15, 0.2) is 0 Å². The summed E-state index contributed by atoms with van der Waals surface area (Å²) in [6.45, 7) is 1.99. The quantitative estimate of drug-likeness (QED) is 0.560. The van der Waals surface area contributed by atoms with Crippen molar-refractivity contribution in [3.8, 4) is 12.3 Å². The number of hydrogen-bond donors (Lipinski definition) is 0. The highest BCUT2D eigenvalue weighted by Crippen LogP contribution is 2.16. The molecule has 11 heavy (non-hydrogen) atoms. The topological polar surface area (TPSA) is 0 Å². The van der Waals surface area contributed by atoms with Crippen molar-refractivity contribution >= 4 is 11.6 Å². The summed E-state index contributed by atoms with van der Waals surface area (Å²) in [5, 5.41) is 0.748. The van der Waals surface area contributed by atoms with Crippen molar-refractivity contribution in [3.63, 3.8) is 0 Å². The van der Waals surface area contributed by atoms with Gasteiger partial charge >= 0.3 is 0 Å². The van der Waals surface area contributed by atoms with Gasteiger partial charge in [-0.2, -0.15) is 0 Å². The summed E-state index contributed by atoms with van der Waals surface area (Å²) in [6, 6.07) is 7.61. The Morgan fingerprint density at radius 3 is 2.36 bits per heavy atom. The highest BCUT2D eigenvalue weighted by Gasteiger charge is 1.99. The van der Waals surface area contributed by atoms with E-state index in [1.807, 2.05) is 31.2 Å². The molecule has 0 aliphatic carbocycles. The third-order valence-corrected chi connectivity index (χ3v) is 1.87. The molecule has 0 N–H and O–H groups in total. The van der Waals surface area contributed by atoms with Crippen LogP contribution >= 0.6 is 11.6 Å². The summed E-state index contributed by atoms with van der Waals surface area (Å²) in [7, 11) is 0. The number of benzene rings is 1. The predicted octanol–water partition coefficient (Wildman–Crippen LogP) is 3.08. The Morgan fingerprint density at radius 2 is 1.91 bits per heavy atom. The lowest BCUT2D eigenvalue weighted by molar-refractivity contribution is 1.01. The molecule has 0 bridgehead atoms. The molecule has 1 unspecified atom stereocenters. The highest BCUT2D eigenvalue weighted by atomic mass is 35.5. The molecule has 0 nitrogen and oxygen atoms in total. The van der Waals surface area contributed by atoms with Gasteiger partial charge in [-0.15, -0.1) is 6.42 Å². The molecule has 0 saturated carbocycles. The van der Waals surface area contributed by atoms with Crippen LogP contribution in [-0.4, -0.2) is 0 Å². The first-order valence-corrected chi connectivity index (χ1v) is 3.83. The Bertz CT molecular complexity index is 266. The first kappa shape index (κ1) is 8.17. The van der Waals surface area contributed by atoms with Crippen molar-refractivity contribution < 1.29 is 0 Å². The molecule has 0 heterocycles. The van der Waals surface area contributed by atoms with E-state index in [2.05, 4.69) is 5.92 Å². The predicted molar refractivity (Wildman–Crippen MR) is 48.7 cm³/mol. The van der Waals surface area contributed by atoms with Crippen LogP contribution in [0.4, 0.5) is 0 Å². The van der Waals surface area contributed by atoms with Gasteiger partial charge in [0.2, 0.25) is 0 Å². The van der Waals surface area contributed by atoms with Crippen LogP contribution in [0, 0.1) is 12.3 Å². The van der Waals surface area contributed by atoms with E-state index < -0.39 is 0 Å². The molecule has 0 amide bonds. The number of hydrogen-bond acceptors (Lipinski definition) is 0. The Balaban J connectivity index is 2.92. The van der Waals surface area contributed by atoms with Gasteiger partial charge in [-0.1, -0.05) is 29.7 Å². The van der Waals surface area contributed by atoms with Gasteiger partial charge in [-0.3, -0.25) is 0 Å². The summed E-state index contributed by atoms with van der Waals surface area (Å²) in [5.74, 6) is 2.83. The monoisotopic (exact) mass is 164 g/mol. The zero-order chi connectivity index (χ0) is 8.27. The maximum absolute atomic E-state index is 5.71. The fraction of sp³-hybridized carbons (Fsp3) is 0.200. The first-order valence-electron chi connectivity index (χ1n) is 3.45. The molecule has 1 aromatic carbocycles. The van der Waals surface area contributed by atoms with Crippen LogP contribution in [0.3, 0.4) is 0 Å². The lowest BCUT2D eigenvalue weighted by atomic mass is 10.0. The minimum atomic E-state index is 0.173. The van der Waals surface area contributed by atoms with Crippen molar-refractivity contribution in [2.24, 2.45) is 0 Å². The lowest BCUT2D eigenvalue weighted by Crippen LogP contribution is -1.87. The molecule has 1 rings (SSSR count). The second kappa shape index (κ2) is 3.46. The fourth-order valence-electron chi connectivity index (χ4n) is 0.848. The summed E-state index contributed by atoms with van der Waals surface area (Å²) < 4.78 is 0. The van der Waals surface area contributed by atoms with Crippen molar-refractivity contribution in [3.05, 3.63) is 34.9 Å². The van der Waals surface area contributed by atoms with Crippen LogP contribution in [-0.2, 0) is 0 Å². The third kappa shape index (κ3) is 2.00. The molecule has 0 fully saturated rings. The lowest BCUT2D eigenvalue weighted by Gasteiger charge is -2.02. The van der Waals surface area contributed by atoms with Crippen LogP contribution in [0.25, 0.3) is 0 Å². The van der Waals surface area contributed by atoms with E-state index in [4.69, 9.17) is 18.0 Å². The SMILES string of the molecule is C#CC(C)c1ccc(Cl)cc1. The summed E-state index contributed by atoms with van der Waals surface area (Å²) in [5.41, 5.74) is 1.14. The van der Waals surface area contributed by atoms with Gasteiger partial charge in [0.25, 0.3) is 0 Å². The second-order valence-electron chi connectivity index (χ2n) is 2.44. The van der Waals surface area contributed by atoms with Crippen molar-refractivity contribution in [2.45, 2.75) is 12.8 Å². The minimum absolute atomic E-state index is 0.173. The van der Waals surface area contributed by atoms with Crippen LogP contribution in [0.15, 0.2) is 24.3 Å². The molecule has 0 saturated heterocycles. The second-order valence-corrected chi connectivity index (χ2v) is 2.88. The molecule has 1 heteroatoms. The van der Waals surface area contributed by atoms with Crippen LogP contribution < -0.4 is 0 Å². The first-order chi connectivity index (χ1) is 5.24. The number of rotatable bonds is 1. The molecule has 0 spiro atoms. The Labute approximate surface area is 72.2 Å². The van der Waals surface area contributed by atoms with E-state index in [0.29, 0.717) is 0 Å². The summed E-state index contributed by atoms with van der Waals surface area (Å²) >= 11 is 5.71. The highest BCUT2D eigenvalue weighted by molar-refractivity contribution is 6.30. The maximum atomic E-state index is 5.71. The average Bonchev–Trinajstić information content (AvgIpc) is 2.05. The Hall–Kier alpha value is -0.930. The third-order valence-electron chi connectivity index (χ3n) is 1.62. The molecular weight excluding hydrogens is 156 g/mol. The molecule has 0 aliphatic rings. The van der Waals surface area contributed by atoms with E-state index in [1.54, 1.807) is 0 Å². The molecule has 1 aromatic rings. The van der Waals surface area contributed by atoms with Crippen molar-refractivity contribution in [2.75, 3.05) is 0 Å². The molecule has 56 valence electrons. The molecule has 0 radical (unpaired) electrons. The normalized spacial score (nSPS) is 12.1. The maximum Gasteiger partial charge on any atom is 0.0421 e. The van der Waals surface area contributed by atoms with Crippen molar-refractivity contribution in [1.29, 1.82) is 0 Å². The largest absolute Gasteiger partial charge is 0.119 e. The van der Waals surface area contributed by atoms with E-state index in [1.165, 1.54) is 0 Å². The smallest absolute Gasteiger partial charge is 0.0421 e. The Morgan fingerprint density at radius 1 is 1.36 bits per heavy atom.